The maximum Gasteiger partial charge on any atom is 0.316 e. The molecule has 7 nitrogen and oxygen atoms in total. The predicted molar refractivity (Wildman–Crippen MR) is 72.7 cm³/mol. The molecule has 0 unspecified atom stereocenters. The monoisotopic (exact) mass is 286 g/mol. The third-order valence-corrected chi connectivity index (χ3v) is 3.93. The van der Waals surface area contributed by atoms with E-state index in [4.69, 9.17) is 0 Å². The van der Waals surface area contributed by atoms with Crippen molar-refractivity contribution in [2.75, 3.05) is 13.1 Å². The van der Waals surface area contributed by atoms with Crippen LogP contribution < -0.4 is 0 Å². The van der Waals surface area contributed by atoms with Gasteiger partial charge in [0.2, 0.25) is 0 Å². The number of benzene rings is 1. The second-order valence-corrected chi connectivity index (χ2v) is 5.09. The lowest BCUT2D eigenvalue weighted by atomic mass is 9.80. The molecule has 1 fully saturated rings. The summed E-state index contributed by atoms with van der Waals surface area (Å²) in [6.45, 7) is 0.519. The molecule has 0 bridgehead atoms. The minimum atomic E-state index is -1.05. The highest BCUT2D eigenvalue weighted by Gasteiger charge is 2.47. The van der Waals surface area contributed by atoms with Gasteiger partial charge in [-0.15, -0.1) is 0 Å². The molecule has 7 heteroatoms. The number of H-pyrrole nitrogens is 1. The number of carboxylic acid groups (broad SMARTS) is 1. The Morgan fingerprint density at radius 2 is 2.05 bits per heavy atom. The van der Waals surface area contributed by atoms with Gasteiger partial charge in [0.15, 0.2) is 5.69 Å². The Labute approximate surface area is 120 Å². The van der Waals surface area contributed by atoms with E-state index in [9.17, 15) is 14.7 Å². The van der Waals surface area contributed by atoms with E-state index in [0.29, 0.717) is 18.5 Å². The van der Waals surface area contributed by atoms with E-state index in [1.165, 1.54) is 11.1 Å². The Bertz CT molecular complexity index is 656. The number of carbonyl (C=O) groups is 2. The van der Waals surface area contributed by atoms with E-state index >= 15 is 0 Å². The lowest BCUT2D eigenvalue weighted by molar-refractivity contribution is -0.143. The molecule has 21 heavy (non-hydrogen) atoms. The van der Waals surface area contributed by atoms with Crippen LogP contribution in [0.15, 0.2) is 36.5 Å². The molecular formula is C14H14N4O3. The number of hydrogen-bond donors (Lipinski definition) is 2. The Morgan fingerprint density at radius 3 is 2.67 bits per heavy atom. The fourth-order valence-electron chi connectivity index (χ4n) is 2.74. The van der Waals surface area contributed by atoms with Gasteiger partial charge in [0.25, 0.3) is 5.91 Å². The first-order valence-corrected chi connectivity index (χ1v) is 6.57. The molecule has 1 amide bonds. The summed E-state index contributed by atoms with van der Waals surface area (Å²) in [5.74, 6) is -1.22. The maximum absolute atomic E-state index is 12.3. The van der Waals surface area contributed by atoms with Crippen molar-refractivity contribution in [1.82, 2.24) is 20.3 Å². The van der Waals surface area contributed by atoms with Crippen molar-refractivity contribution in [2.45, 2.75) is 11.8 Å². The highest BCUT2D eigenvalue weighted by Crippen LogP contribution is 2.35. The maximum atomic E-state index is 12.3. The van der Waals surface area contributed by atoms with E-state index in [1.807, 2.05) is 18.2 Å². The molecule has 2 N–H and O–H groups in total. The molecule has 108 valence electrons. The van der Waals surface area contributed by atoms with Crippen molar-refractivity contribution in [3.63, 3.8) is 0 Å². The molecule has 1 aromatic carbocycles. The number of aliphatic carboxylic acids is 1. The highest BCUT2D eigenvalue weighted by molar-refractivity contribution is 5.93. The SMILES string of the molecule is O=C(c1cn[nH]n1)N1CC[C@](C(=O)O)(c2ccccc2)C1. The van der Waals surface area contributed by atoms with E-state index in [-0.39, 0.29) is 18.1 Å². The standard InChI is InChI=1S/C14H14N4O3/c19-12(11-8-15-17-16-11)18-7-6-14(9-18,13(20)21)10-4-2-1-3-5-10/h1-5,8H,6-7,9H2,(H,20,21)(H,15,16,17)/t14-/m1/s1. The van der Waals surface area contributed by atoms with Gasteiger partial charge >= 0.3 is 5.97 Å². The Balaban J connectivity index is 1.89. The molecule has 1 aliphatic rings. The summed E-state index contributed by atoms with van der Waals surface area (Å²) in [6, 6.07) is 9.03. The molecule has 0 radical (unpaired) electrons. The number of likely N-dealkylation sites (tertiary alicyclic amines) is 1. The highest BCUT2D eigenvalue weighted by atomic mass is 16.4. The average Bonchev–Trinajstić information content (AvgIpc) is 3.18. The Kier molecular flexibility index (Phi) is 3.17. The molecular weight excluding hydrogens is 272 g/mol. The van der Waals surface area contributed by atoms with Crippen LogP contribution >= 0.6 is 0 Å². The lowest BCUT2D eigenvalue weighted by Crippen LogP contribution is -2.40. The number of nitrogens with zero attached hydrogens (tertiary/aromatic N) is 3. The van der Waals surface area contributed by atoms with Crippen LogP contribution in [0.2, 0.25) is 0 Å². The molecule has 1 atom stereocenters. The first-order valence-electron chi connectivity index (χ1n) is 6.57. The predicted octanol–water partition coefficient (Wildman–Crippen LogP) is 0.673. The van der Waals surface area contributed by atoms with Gasteiger partial charge in [-0.2, -0.15) is 15.4 Å². The Hall–Kier alpha value is -2.70. The van der Waals surface area contributed by atoms with Gasteiger partial charge in [-0.25, -0.2) is 0 Å². The normalized spacial score (nSPS) is 21.4. The minimum absolute atomic E-state index is 0.137. The van der Waals surface area contributed by atoms with Gasteiger partial charge in [-0.1, -0.05) is 30.3 Å². The molecule has 1 aromatic heterocycles. The largest absolute Gasteiger partial charge is 0.481 e. The van der Waals surface area contributed by atoms with Gasteiger partial charge in [-0.05, 0) is 12.0 Å². The summed E-state index contributed by atoms with van der Waals surface area (Å²) in [7, 11) is 0. The minimum Gasteiger partial charge on any atom is -0.481 e. The van der Waals surface area contributed by atoms with Gasteiger partial charge in [-0.3, -0.25) is 9.59 Å². The van der Waals surface area contributed by atoms with Crippen molar-refractivity contribution in [3.8, 4) is 0 Å². The van der Waals surface area contributed by atoms with Crippen LogP contribution in [0.25, 0.3) is 0 Å². The summed E-state index contributed by atoms with van der Waals surface area (Å²) in [6.07, 6.45) is 1.72. The second-order valence-electron chi connectivity index (χ2n) is 5.09. The fraction of sp³-hybridized carbons (Fsp3) is 0.286. The van der Waals surface area contributed by atoms with Crippen molar-refractivity contribution in [1.29, 1.82) is 0 Å². The van der Waals surface area contributed by atoms with Crippen LogP contribution in [0.5, 0.6) is 0 Å². The van der Waals surface area contributed by atoms with Crippen LogP contribution in [0, 0.1) is 0 Å². The fourth-order valence-corrected chi connectivity index (χ4v) is 2.74. The number of carboxylic acids is 1. The van der Waals surface area contributed by atoms with Crippen LogP contribution in [0.3, 0.4) is 0 Å². The quantitative estimate of drug-likeness (QED) is 0.864. The average molecular weight is 286 g/mol. The third-order valence-electron chi connectivity index (χ3n) is 3.93. The van der Waals surface area contributed by atoms with Crippen molar-refractivity contribution in [3.05, 3.63) is 47.8 Å². The lowest BCUT2D eigenvalue weighted by Gasteiger charge is -2.25. The molecule has 0 aliphatic carbocycles. The number of carbonyl (C=O) groups excluding carboxylic acids is 1. The van der Waals surface area contributed by atoms with E-state index in [1.54, 1.807) is 12.1 Å². The first-order chi connectivity index (χ1) is 10.1. The molecule has 0 saturated carbocycles. The number of amides is 1. The number of hydrogen-bond acceptors (Lipinski definition) is 4. The second kappa shape index (κ2) is 5.01. The zero-order valence-electron chi connectivity index (χ0n) is 11.2. The van der Waals surface area contributed by atoms with E-state index in [0.717, 1.165) is 0 Å². The molecule has 1 aliphatic heterocycles. The zero-order chi connectivity index (χ0) is 14.9. The summed E-state index contributed by atoms with van der Waals surface area (Å²) >= 11 is 0. The van der Waals surface area contributed by atoms with Crippen molar-refractivity contribution < 1.29 is 14.7 Å². The summed E-state index contributed by atoms with van der Waals surface area (Å²) in [5, 5.41) is 19.4. The van der Waals surface area contributed by atoms with Crippen LogP contribution in [0.1, 0.15) is 22.5 Å². The molecule has 1 saturated heterocycles. The summed E-state index contributed by atoms with van der Waals surface area (Å²) < 4.78 is 0. The molecule has 2 heterocycles. The van der Waals surface area contributed by atoms with E-state index in [2.05, 4.69) is 15.4 Å². The van der Waals surface area contributed by atoms with Gasteiger partial charge in [0.1, 0.15) is 5.41 Å². The number of aromatic amines is 1. The smallest absolute Gasteiger partial charge is 0.316 e. The molecule has 2 aromatic rings. The van der Waals surface area contributed by atoms with Crippen LogP contribution in [-0.2, 0) is 10.2 Å². The number of rotatable bonds is 3. The van der Waals surface area contributed by atoms with Crippen LogP contribution in [0.4, 0.5) is 0 Å². The molecule has 0 spiro atoms. The first kappa shape index (κ1) is 13.3. The third kappa shape index (κ3) is 2.16. The van der Waals surface area contributed by atoms with Crippen LogP contribution in [-0.4, -0.2) is 50.4 Å². The van der Waals surface area contributed by atoms with Gasteiger partial charge < -0.3 is 10.0 Å². The van der Waals surface area contributed by atoms with Crippen molar-refractivity contribution in [2.24, 2.45) is 0 Å². The summed E-state index contributed by atoms with van der Waals surface area (Å²) in [5.41, 5.74) is -0.141. The Morgan fingerprint density at radius 1 is 1.29 bits per heavy atom. The van der Waals surface area contributed by atoms with Gasteiger partial charge in [0, 0.05) is 13.1 Å². The molecule has 3 rings (SSSR count). The zero-order valence-corrected chi connectivity index (χ0v) is 11.2. The topological polar surface area (TPSA) is 99.2 Å². The number of nitrogens with one attached hydrogen (secondary N) is 1. The number of aromatic nitrogens is 3. The van der Waals surface area contributed by atoms with E-state index < -0.39 is 11.4 Å². The van der Waals surface area contributed by atoms with Gasteiger partial charge in [0.05, 0.1) is 6.20 Å². The van der Waals surface area contributed by atoms with Crippen molar-refractivity contribution >= 4 is 11.9 Å². The summed E-state index contributed by atoms with van der Waals surface area (Å²) in [4.78, 5) is 25.6.